The quantitative estimate of drug-likeness (QED) is 0.669. The third-order valence-electron chi connectivity index (χ3n) is 4.11. The highest BCUT2D eigenvalue weighted by molar-refractivity contribution is 6.30. The second kappa shape index (κ2) is 6.76. The molecule has 0 fully saturated rings. The number of nitrogens with one attached hydrogen (secondary N) is 1. The zero-order valence-electron chi connectivity index (χ0n) is 14.0. The fourth-order valence-corrected chi connectivity index (χ4v) is 3.08. The van der Waals surface area contributed by atoms with Gasteiger partial charge in [-0.1, -0.05) is 11.6 Å². The molecule has 3 rings (SSSR count). The Morgan fingerprint density at radius 3 is 2.69 bits per heavy atom. The van der Waals surface area contributed by atoms with Crippen LogP contribution in [0.3, 0.4) is 0 Å². The van der Waals surface area contributed by atoms with Crippen molar-refractivity contribution >= 4 is 34.3 Å². The summed E-state index contributed by atoms with van der Waals surface area (Å²) in [5.74, 6) is -0.710. The summed E-state index contributed by atoms with van der Waals surface area (Å²) in [6.45, 7) is 3.89. The molecule has 1 aromatic carbocycles. The Labute approximate surface area is 152 Å². The van der Waals surface area contributed by atoms with Gasteiger partial charge in [0.25, 0.3) is 5.56 Å². The van der Waals surface area contributed by atoms with Crippen LogP contribution in [0.4, 0.5) is 14.9 Å². The highest BCUT2D eigenvalue weighted by Crippen LogP contribution is 2.29. The molecule has 134 valence electrons. The Morgan fingerprint density at radius 1 is 1.31 bits per heavy atom. The molecule has 0 spiro atoms. The molecule has 0 bridgehead atoms. The van der Waals surface area contributed by atoms with E-state index in [1.165, 1.54) is 12.1 Å². The molecule has 3 aromatic rings. The molecule has 2 aromatic heterocycles. The summed E-state index contributed by atoms with van der Waals surface area (Å²) in [6.07, 6.45) is 0.171. The third-order valence-corrected chi connectivity index (χ3v) is 4.31. The molecule has 0 atom stereocenters. The van der Waals surface area contributed by atoms with Crippen LogP contribution in [-0.4, -0.2) is 20.8 Å². The number of carboxylic acid groups (broad SMARTS) is 1. The lowest BCUT2D eigenvalue weighted by atomic mass is 9.99. The van der Waals surface area contributed by atoms with Crippen molar-refractivity contribution < 1.29 is 14.3 Å². The van der Waals surface area contributed by atoms with E-state index in [0.29, 0.717) is 34.1 Å². The Kier molecular flexibility index (Phi) is 4.65. The Bertz CT molecular complexity index is 1100. The highest BCUT2D eigenvalue weighted by Gasteiger charge is 2.16. The van der Waals surface area contributed by atoms with Gasteiger partial charge in [-0.15, -0.1) is 0 Å². The number of hydrogen-bond acceptors (Lipinski definition) is 3. The molecule has 6 nitrogen and oxygen atoms in total. The van der Waals surface area contributed by atoms with Crippen molar-refractivity contribution in [3.63, 3.8) is 0 Å². The van der Waals surface area contributed by atoms with E-state index in [-0.39, 0.29) is 16.4 Å². The van der Waals surface area contributed by atoms with E-state index in [4.69, 9.17) is 16.7 Å². The van der Waals surface area contributed by atoms with Crippen molar-refractivity contribution in [3.05, 3.63) is 57.3 Å². The van der Waals surface area contributed by atoms with Crippen LogP contribution in [0.1, 0.15) is 12.5 Å². The Morgan fingerprint density at radius 2 is 2.04 bits per heavy atom. The first-order valence-corrected chi connectivity index (χ1v) is 8.19. The molecule has 8 heteroatoms. The fourth-order valence-electron chi connectivity index (χ4n) is 2.93. The van der Waals surface area contributed by atoms with Gasteiger partial charge in [-0.05, 0) is 49.2 Å². The van der Waals surface area contributed by atoms with Crippen LogP contribution in [0.5, 0.6) is 0 Å². The SMILES string of the molecule is CCn1c(=O)c(-c2cc(NC(=O)O)c(F)cc2C)cc2cnc(Cl)cc21. The first kappa shape index (κ1) is 17.9. The minimum absolute atomic E-state index is 0.213. The van der Waals surface area contributed by atoms with Crippen molar-refractivity contribution in [1.82, 2.24) is 9.55 Å². The van der Waals surface area contributed by atoms with Gasteiger partial charge in [0.2, 0.25) is 0 Å². The zero-order chi connectivity index (χ0) is 19.0. The van der Waals surface area contributed by atoms with Crippen molar-refractivity contribution in [2.75, 3.05) is 5.32 Å². The number of nitrogens with zero attached hydrogens (tertiary/aromatic N) is 2. The summed E-state index contributed by atoms with van der Waals surface area (Å²) in [5.41, 5.74) is 1.44. The van der Waals surface area contributed by atoms with Gasteiger partial charge in [-0.3, -0.25) is 10.1 Å². The number of rotatable bonds is 3. The van der Waals surface area contributed by atoms with E-state index in [1.807, 2.05) is 12.2 Å². The summed E-state index contributed by atoms with van der Waals surface area (Å²) < 4.78 is 15.6. The van der Waals surface area contributed by atoms with Gasteiger partial charge in [0.15, 0.2) is 0 Å². The van der Waals surface area contributed by atoms with E-state index < -0.39 is 11.9 Å². The lowest BCUT2D eigenvalue weighted by molar-refractivity contribution is 0.209. The molecule has 0 aliphatic rings. The molecule has 0 saturated carbocycles. The van der Waals surface area contributed by atoms with Gasteiger partial charge >= 0.3 is 6.09 Å². The van der Waals surface area contributed by atoms with Crippen LogP contribution in [-0.2, 0) is 6.54 Å². The van der Waals surface area contributed by atoms with E-state index >= 15 is 0 Å². The lowest BCUT2D eigenvalue weighted by Gasteiger charge is -2.14. The number of halogens is 2. The van der Waals surface area contributed by atoms with Crippen molar-refractivity contribution in [3.8, 4) is 11.1 Å². The van der Waals surface area contributed by atoms with Gasteiger partial charge in [0, 0.05) is 23.7 Å². The standard InChI is InChI=1S/C18H15ClFN3O3/c1-3-23-15-7-16(19)21-8-10(15)5-12(17(23)24)11-6-14(22-18(25)26)13(20)4-9(11)2/h4-8,22H,3H2,1-2H3,(H,25,26). The highest BCUT2D eigenvalue weighted by atomic mass is 35.5. The van der Waals surface area contributed by atoms with Gasteiger partial charge in [-0.25, -0.2) is 14.2 Å². The maximum absolute atomic E-state index is 14.0. The van der Waals surface area contributed by atoms with Gasteiger partial charge in [0.05, 0.1) is 11.2 Å². The topological polar surface area (TPSA) is 84.2 Å². The largest absolute Gasteiger partial charge is 0.465 e. The molecule has 0 aliphatic heterocycles. The minimum Gasteiger partial charge on any atom is -0.465 e. The second-order valence-corrected chi connectivity index (χ2v) is 6.14. The summed E-state index contributed by atoms with van der Waals surface area (Å²) in [5, 5.41) is 11.8. The van der Waals surface area contributed by atoms with Crippen LogP contribution in [0, 0.1) is 12.7 Å². The van der Waals surface area contributed by atoms with Gasteiger partial charge < -0.3 is 9.67 Å². The van der Waals surface area contributed by atoms with E-state index in [1.54, 1.807) is 29.8 Å². The Balaban J connectivity index is 2.32. The van der Waals surface area contributed by atoms with Crippen LogP contribution < -0.4 is 10.9 Å². The first-order chi connectivity index (χ1) is 12.3. The minimum atomic E-state index is -1.39. The lowest BCUT2D eigenvalue weighted by Crippen LogP contribution is -2.22. The molecular weight excluding hydrogens is 361 g/mol. The molecule has 0 saturated heterocycles. The molecule has 2 heterocycles. The number of aryl methyl sites for hydroxylation is 2. The summed E-state index contributed by atoms with van der Waals surface area (Å²) in [7, 11) is 0. The predicted molar refractivity (Wildman–Crippen MR) is 98.5 cm³/mol. The number of benzene rings is 1. The smallest absolute Gasteiger partial charge is 0.409 e. The third kappa shape index (κ3) is 3.13. The summed E-state index contributed by atoms with van der Waals surface area (Å²) in [4.78, 5) is 27.9. The monoisotopic (exact) mass is 375 g/mol. The van der Waals surface area contributed by atoms with E-state index in [2.05, 4.69) is 4.98 Å². The average molecular weight is 376 g/mol. The van der Waals surface area contributed by atoms with Crippen LogP contribution in [0.25, 0.3) is 22.0 Å². The van der Waals surface area contributed by atoms with Crippen LogP contribution in [0.15, 0.2) is 35.3 Å². The number of pyridine rings is 2. The number of carbonyl (C=O) groups is 1. The number of fused-ring (bicyclic) bond motifs is 1. The van der Waals surface area contributed by atoms with Crippen LogP contribution in [0.2, 0.25) is 5.15 Å². The number of amides is 1. The van der Waals surface area contributed by atoms with Crippen molar-refractivity contribution in [1.29, 1.82) is 0 Å². The maximum Gasteiger partial charge on any atom is 0.409 e. The number of anilines is 1. The molecule has 0 radical (unpaired) electrons. The van der Waals surface area contributed by atoms with Gasteiger partial charge in [0.1, 0.15) is 11.0 Å². The summed E-state index contributed by atoms with van der Waals surface area (Å²) >= 11 is 5.94. The first-order valence-electron chi connectivity index (χ1n) is 7.81. The number of hydrogen-bond donors (Lipinski definition) is 2. The molecule has 2 N–H and O–H groups in total. The maximum atomic E-state index is 14.0. The zero-order valence-corrected chi connectivity index (χ0v) is 14.8. The number of aromatic nitrogens is 2. The van der Waals surface area contributed by atoms with Crippen molar-refractivity contribution in [2.45, 2.75) is 20.4 Å². The predicted octanol–water partition coefficient (Wildman–Crippen LogP) is 4.27. The fraction of sp³-hybridized carbons (Fsp3) is 0.167. The molecule has 0 aliphatic carbocycles. The van der Waals surface area contributed by atoms with E-state index in [9.17, 15) is 14.0 Å². The average Bonchev–Trinajstić information content (AvgIpc) is 2.57. The normalized spacial score (nSPS) is 10.9. The molecule has 1 amide bonds. The van der Waals surface area contributed by atoms with E-state index in [0.717, 1.165) is 0 Å². The van der Waals surface area contributed by atoms with Gasteiger partial charge in [-0.2, -0.15) is 0 Å². The molecule has 0 unspecified atom stereocenters. The molecule has 26 heavy (non-hydrogen) atoms. The summed E-state index contributed by atoms with van der Waals surface area (Å²) in [6, 6.07) is 5.78. The van der Waals surface area contributed by atoms with Crippen LogP contribution >= 0.6 is 11.6 Å². The Hall–Kier alpha value is -2.93. The molecular formula is C18H15ClFN3O3. The second-order valence-electron chi connectivity index (χ2n) is 5.75. The van der Waals surface area contributed by atoms with Crippen molar-refractivity contribution in [2.24, 2.45) is 0 Å².